The summed E-state index contributed by atoms with van der Waals surface area (Å²) < 4.78 is 0. The minimum atomic E-state index is 0.344. The Morgan fingerprint density at radius 3 is 2.76 bits per heavy atom. The molecule has 1 aliphatic carbocycles. The molecule has 0 aromatic rings. The topological polar surface area (TPSA) is 56.4 Å². The molecule has 0 bridgehead atoms. The first-order valence-electron chi connectivity index (χ1n) is 6.72. The normalized spacial score (nSPS) is 28.3. The highest BCUT2D eigenvalue weighted by Gasteiger charge is 2.44. The van der Waals surface area contributed by atoms with E-state index in [1.807, 2.05) is 0 Å². The summed E-state index contributed by atoms with van der Waals surface area (Å²) in [6.07, 6.45) is 5.92. The van der Waals surface area contributed by atoms with Crippen LogP contribution in [0.15, 0.2) is 0 Å². The molecule has 0 spiro atoms. The zero-order valence-electron chi connectivity index (χ0n) is 11.2. The number of hydrogen-bond acceptors (Lipinski definition) is 3. The lowest BCUT2D eigenvalue weighted by atomic mass is 9.98. The summed E-state index contributed by atoms with van der Waals surface area (Å²) in [6.45, 7) is 3.54. The minimum absolute atomic E-state index is 0.344. The number of hydrogen-bond donors (Lipinski definition) is 2. The summed E-state index contributed by atoms with van der Waals surface area (Å²) in [5, 5.41) is 7.46. The van der Waals surface area contributed by atoms with Crippen LogP contribution in [0.3, 0.4) is 0 Å². The predicted molar refractivity (Wildman–Crippen MR) is 71.3 cm³/mol. The lowest BCUT2D eigenvalue weighted by Gasteiger charge is -2.37. The largest absolute Gasteiger partial charge is 0.388 e. The average Bonchev–Trinajstić information content (AvgIpc) is 2.96. The second-order valence-corrected chi connectivity index (χ2v) is 6.18. The molecule has 0 radical (unpaired) electrons. The van der Waals surface area contributed by atoms with Gasteiger partial charge in [-0.25, -0.2) is 0 Å². The number of nitrogens with two attached hydrogens (primary N) is 1. The van der Waals surface area contributed by atoms with Crippen molar-refractivity contribution in [3.8, 4) is 0 Å². The highest BCUT2D eigenvalue weighted by atomic mass is 15.2. The number of likely N-dealkylation sites (tertiary alicyclic amines) is 1. The van der Waals surface area contributed by atoms with Gasteiger partial charge in [-0.3, -0.25) is 5.41 Å². The average molecular weight is 238 g/mol. The zero-order valence-corrected chi connectivity index (χ0v) is 11.2. The van der Waals surface area contributed by atoms with Gasteiger partial charge >= 0.3 is 0 Å². The Kier molecular flexibility index (Phi) is 3.73. The molecule has 0 amide bonds. The van der Waals surface area contributed by atoms with Crippen molar-refractivity contribution in [2.75, 3.05) is 33.7 Å². The van der Waals surface area contributed by atoms with Crippen LogP contribution in [0.1, 0.15) is 32.1 Å². The van der Waals surface area contributed by atoms with E-state index in [0.29, 0.717) is 17.3 Å². The second kappa shape index (κ2) is 4.94. The van der Waals surface area contributed by atoms with Crippen LogP contribution in [0.2, 0.25) is 0 Å². The van der Waals surface area contributed by atoms with Gasteiger partial charge in [0.15, 0.2) is 0 Å². The third-order valence-electron chi connectivity index (χ3n) is 4.33. The van der Waals surface area contributed by atoms with Crippen molar-refractivity contribution in [3.05, 3.63) is 0 Å². The summed E-state index contributed by atoms with van der Waals surface area (Å²) in [7, 11) is 4.45. The van der Waals surface area contributed by atoms with Gasteiger partial charge in [0.2, 0.25) is 0 Å². The number of likely N-dealkylation sites (N-methyl/N-ethyl adjacent to an activating group) is 2. The third kappa shape index (κ3) is 3.42. The van der Waals surface area contributed by atoms with Crippen molar-refractivity contribution in [1.29, 1.82) is 5.41 Å². The Labute approximate surface area is 105 Å². The molecule has 1 unspecified atom stereocenters. The van der Waals surface area contributed by atoms with E-state index in [-0.39, 0.29) is 0 Å². The van der Waals surface area contributed by atoms with Crippen LogP contribution in [-0.2, 0) is 0 Å². The van der Waals surface area contributed by atoms with Crippen molar-refractivity contribution in [2.24, 2.45) is 11.1 Å². The molecule has 1 saturated carbocycles. The zero-order chi connectivity index (χ0) is 12.5. The van der Waals surface area contributed by atoms with Crippen LogP contribution in [-0.4, -0.2) is 55.4 Å². The highest BCUT2D eigenvalue weighted by molar-refractivity contribution is 5.78. The summed E-state index contributed by atoms with van der Waals surface area (Å²) >= 11 is 0. The van der Waals surface area contributed by atoms with Crippen molar-refractivity contribution in [1.82, 2.24) is 9.80 Å². The number of amidine groups is 1. The number of nitrogens with one attached hydrogen (secondary N) is 1. The molecule has 17 heavy (non-hydrogen) atoms. The van der Waals surface area contributed by atoms with Gasteiger partial charge in [0, 0.05) is 25.6 Å². The Balaban J connectivity index is 1.84. The SMILES string of the molecule is CN1CCCC(N(C)CC2(CC(=N)N)CC2)C1. The smallest absolute Gasteiger partial charge is 0.0911 e. The summed E-state index contributed by atoms with van der Waals surface area (Å²) in [5.74, 6) is 0.358. The van der Waals surface area contributed by atoms with E-state index in [1.165, 1.54) is 38.8 Å². The van der Waals surface area contributed by atoms with Gasteiger partial charge < -0.3 is 15.5 Å². The van der Waals surface area contributed by atoms with E-state index < -0.39 is 0 Å². The fraction of sp³-hybridized carbons (Fsp3) is 0.923. The highest BCUT2D eigenvalue weighted by Crippen LogP contribution is 2.49. The van der Waals surface area contributed by atoms with Gasteiger partial charge in [-0.1, -0.05) is 0 Å². The number of rotatable bonds is 5. The van der Waals surface area contributed by atoms with E-state index in [1.54, 1.807) is 0 Å². The van der Waals surface area contributed by atoms with Crippen molar-refractivity contribution < 1.29 is 0 Å². The van der Waals surface area contributed by atoms with E-state index in [2.05, 4.69) is 23.9 Å². The Morgan fingerprint density at radius 1 is 1.53 bits per heavy atom. The quantitative estimate of drug-likeness (QED) is 0.557. The molecule has 2 aliphatic rings. The first-order valence-corrected chi connectivity index (χ1v) is 6.72. The van der Waals surface area contributed by atoms with Gasteiger partial charge in [-0.05, 0) is 51.7 Å². The molecule has 1 atom stereocenters. The molecule has 4 nitrogen and oxygen atoms in total. The van der Waals surface area contributed by atoms with Crippen molar-refractivity contribution in [3.63, 3.8) is 0 Å². The van der Waals surface area contributed by atoms with Crippen LogP contribution < -0.4 is 5.73 Å². The molecule has 0 aromatic carbocycles. The molecule has 2 fully saturated rings. The monoisotopic (exact) mass is 238 g/mol. The maximum atomic E-state index is 7.46. The van der Waals surface area contributed by atoms with Gasteiger partial charge in [0.1, 0.15) is 0 Å². The fourth-order valence-electron chi connectivity index (χ4n) is 3.13. The van der Waals surface area contributed by atoms with Gasteiger partial charge in [-0.15, -0.1) is 0 Å². The molecule has 3 N–H and O–H groups in total. The molecule has 1 aliphatic heterocycles. The van der Waals surface area contributed by atoms with Crippen LogP contribution >= 0.6 is 0 Å². The lowest BCUT2D eigenvalue weighted by molar-refractivity contribution is 0.116. The van der Waals surface area contributed by atoms with Crippen molar-refractivity contribution >= 4 is 5.84 Å². The Morgan fingerprint density at radius 2 is 2.24 bits per heavy atom. The maximum absolute atomic E-state index is 7.46. The first-order chi connectivity index (χ1) is 8.01. The van der Waals surface area contributed by atoms with E-state index in [4.69, 9.17) is 11.1 Å². The van der Waals surface area contributed by atoms with Gasteiger partial charge in [0.25, 0.3) is 0 Å². The van der Waals surface area contributed by atoms with E-state index in [9.17, 15) is 0 Å². The standard InChI is InChI=1S/C13H26N4/c1-16-7-3-4-11(9-16)17(2)10-13(5-6-13)8-12(14)15/h11H,3-10H2,1-2H3,(H3,14,15). The molecule has 98 valence electrons. The first kappa shape index (κ1) is 12.8. The summed E-state index contributed by atoms with van der Waals surface area (Å²) in [4.78, 5) is 4.93. The minimum Gasteiger partial charge on any atom is -0.388 e. The summed E-state index contributed by atoms with van der Waals surface area (Å²) in [5.41, 5.74) is 5.90. The summed E-state index contributed by atoms with van der Waals surface area (Å²) in [6, 6.07) is 0.693. The van der Waals surface area contributed by atoms with E-state index in [0.717, 1.165) is 13.0 Å². The van der Waals surface area contributed by atoms with Crippen molar-refractivity contribution in [2.45, 2.75) is 38.1 Å². The number of piperidine rings is 1. The van der Waals surface area contributed by atoms with Crippen LogP contribution in [0, 0.1) is 10.8 Å². The van der Waals surface area contributed by atoms with Gasteiger partial charge in [0.05, 0.1) is 5.84 Å². The van der Waals surface area contributed by atoms with Gasteiger partial charge in [-0.2, -0.15) is 0 Å². The third-order valence-corrected chi connectivity index (χ3v) is 4.33. The molecule has 1 saturated heterocycles. The molecular weight excluding hydrogens is 212 g/mol. The Bertz CT molecular complexity index is 285. The van der Waals surface area contributed by atoms with Crippen LogP contribution in [0.5, 0.6) is 0 Å². The molecule has 2 rings (SSSR count). The maximum Gasteiger partial charge on any atom is 0.0911 e. The van der Waals surface area contributed by atoms with Crippen LogP contribution in [0.4, 0.5) is 0 Å². The number of nitrogens with zero attached hydrogens (tertiary/aromatic N) is 2. The molecule has 4 heteroatoms. The fourth-order valence-corrected chi connectivity index (χ4v) is 3.13. The van der Waals surface area contributed by atoms with Crippen LogP contribution in [0.25, 0.3) is 0 Å². The lowest BCUT2D eigenvalue weighted by Crippen LogP contribution is -2.47. The molecular formula is C13H26N4. The molecule has 1 heterocycles. The second-order valence-electron chi connectivity index (χ2n) is 6.18. The Hall–Kier alpha value is -0.610. The van der Waals surface area contributed by atoms with E-state index >= 15 is 0 Å². The predicted octanol–water partition coefficient (Wildman–Crippen LogP) is 1.12. The molecule has 0 aromatic heterocycles.